The summed E-state index contributed by atoms with van der Waals surface area (Å²) in [7, 11) is 1.99. The van der Waals surface area contributed by atoms with Crippen LogP contribution in [0.3, 0.4) is 0 Å². The van der Waals surface area contributed by atoms with Crippen LogP contribution in [0.2, 0.25) is 0 Å². The van der Waals surface area contributed by atoms with Crippen molar-refractivity contribution in [1.82, 2.24) is 10.2 Å². The van der Waals surface area contributed by atoms with Crippen LogP contribution in [0.5, 0.6) is 0 Å². The second kappa shape index (κ2) is 13.1. The summed E-state index contributed by atoms with van der Waals surface area (Å²) >= 11 is 0. The maximum atomic E-state index is 12.5. The zero-order valence-corrected chi connectivity index (χ0v) is 25.3. The van der Waals surface area contributed by atoms with Gasteiger partial charge < -0.3 is 20.1 Å². The van der Waals surface area contributed by atoms with E-state index in [1.807, 2.05) is 7.05 Å². The molecule has 0 aromatic rings. The van der Waals surface area contributed by atoms with Gasteiger partial charge in [-0.15, -0.1) is 0 Å². The van der Waals surface area contributed by atoms with Gasteiger partial charge in [0.2, 0.25) is 0 Å². The van der Waals surface area contributed by atoms with Crippen molar-refractivity contribution in [1.29, 1.82) is 0 Å². The number of nitrogens with one attached hydrogen (secondary N) is 1. The first-order valence-corrected chi connectivity index (χ1v) is 16.1. The van der Waals surface area contributed by atoms with Crippen LogP contribution in [0.4, 0.5) is 4.79 Å². The van der Waals surface area contributed by atoms with E-state index in [0.29, 0.717) is 23.9 Å². The van der Waals surface area contributed by atoms with Crippen molar-refractivity contribution >= 4 is 6.09 Å². The highest BCUT2D eigenvalue weighted by molar-refractivity contribution is 5.67. The summed E-state index contributed by atoms with van der Waals surface area (Å²) in [6, 6.07) is 0. The average molecular weight is 531 g/mol. The second-order valence-electron chi connectivity index (χ2n) is 14.3. The highest BCUT2D eigenvalue weighted by Crippen LogP contribution is 2.66. The molecule has 3 saturated carbocycles. The number of nitrogens with zero attached hydrogens (tertiary/aromatic N) is 1. The number of amides is 1. The number of fused-ring (bicyclic) bond motifs is 5. The van der Waals surface area contributed by atoms with Gasteiger partial charge in [-0.25, -0.2) is 4.79 Å². The van der Waals surface area contributed by atoms with Gasteiger partial charge in [0, 0.05) is 19.5 Å². The Bertz CT molecular complexity index is 812. The molecule has 7 atom stereocenters. The third-order valence-corrected chi connectivity index (χ3v) is 11.6. The molecule has 4 rings (SSSR count). The topological polar surface area (TPSA) is 61.8 Å². The molecule has 3 fully saturated rings. The number of aliphatic hydroxyl groups excluding tert-OH is 1. The van der Waals surface area contributed by atoms with Crippen molar-refractivity contribution in [2.75, 3.05) is 33.3 Å². The van der Waals surface area contributed by atoms with Gasteiger partial charge in [0.15, 0.2) is 0 Å². The number of unbranched alkanes of at least 4 members (excludes halogenated alkanes) is 1. The largest absolute Gasteiger partial charge is 0.446 e. The van der Waals surface area contributed by atoms with Crippen LogP contribution in [0.1, 0.15) is 111 Å². The van der Waals surface area contributed by atoms with E-state index < -0.39 is 0 Å². The lowest BCUT2D eigenvalue weighted by Crippen LogP contribution is -2.50. The standard InChI is InChI=1S/C33H58N2O3/c1-24(2)9-6-7-10-25-12-14-29-28-13-11-26-23-27(38-31(37)34-19-8-20-35(5)21-22-36)15-17-33(26,4)30(28)16-18-32(25,29)3/h11,24-25,27-30,36H,6-10,12-23H2,1-5H3,(H,34,37). The Labute approximate surface area is 233 Å². The highest BCUT2D eigenvalue weighted by Gasteiger charge is 2.58. The number of allylic oxidation sites excluding steroid dienone is 1. The van der Waals surface area contributed by atoms with E-state index in [9.17, 15) is 4.79 Å². The van der Waals surface area contributed by atoms with Crippen LogP contribution >= 0.6 is 0 Å². The lowest BCUT2D eigenvalue weighted by Gasteiger charge is -2.58. The number of rotatable bonds is 12. The van der Waals surface area contributed by atoms with Crippen LogP contribution in [0.25, 0.3) is 0 Å². The lowest BCUT2D eigenvalue weighted by atomic mass is 9.47. The van der Waals surface area contributed by atoms with Gasteiger partial charge in [-0.2, -0.15) is 0 Å². The number of ether oxygens (including phenoxy) is 1. The van der Waals surface area contributed by atoms with E-state index >= 15 is 0 Å². The molecular formula is C33H58N2O3. The zero-order valence-electron chi connectivity index (χ0n) is 25.3. The van der Waals surface area contributed by atoms with Crippen molar-refractivity contribution in [3.63, 3.8) is 0 Å². The van der Waals surface area contributed by atoms with Gasteiger partial charge in [0.1, 0.15) is 6.10 Å². The number of hydrogen-bond donors (Lipinski definition) is 2. The van der Waals surface area contributed by atoms with Gasteiger partial charge in [-0.05, 0) is 112 Å². The smallest absolute Gasteiger partial charge is 0.407 e. The first-order valence-electron chi connectivity index (χ1n) is 16.1. The summed E-state index contributed by atoms with van der Waals surface area (Å²) in [5.41, 5.74) is 2.44. The van der Waals surface area contributed by atoms with Gasteiger partial charge in [-0.3, -0.25) is 0 Å². The number of aliphatic hydroxyl groups is 1. The molecule has 0 bridgehead atoms. The normalized spacial score (nSPS) is 36.4. The van der Waals surface area contributed by atoms with Crippen LogP contribution < -0.4 is 5.32 Å². The summed E-state index contributed by atoms with van der Waals surface area (Å²) in [6.07, 6.45) is 18.9. The molecule has 0 aliphatic heterocycles. The first kappa shape index (κ1) is 29.9. The van der Waals surface area contributed by atoms with Crippen LogP contribution in [0, 0.1) is 40.4 Å². The molecule has 0 spiro atoms. The van der Waals surface area contributed by atoms with Gasteiger partial charge in [0.25, 0.3) is 0 Å². The fourth-order valence-corrected chi connectivity index (χ4v) is 9.27. The molecule has 0 radical (unpaired) electrons. The Balaban J connectivity index is 1.28. The SMILES string of the molecule is CC(C)CCCCC1CCC2C3CC=C4CC(OC(=O)NCCCN(C)CCO)CCC4(C)C3CCC12C. The average Bonchev–Trinajstić information content (AvgIpc) is 3.21. The third kappa shape index (κ3) is 6.62. The lowest BCUT2D eigenvalue weighted by molar-refractivity contribution is -0.0519. The van der Waals surface area contributed by atoms with Crippen LogP contribution in [-0.2, 0) is 4.74 Å². The van der Waals surface area contributed by atoms with E-state index in [1.54, 1.807) is 5.57 Å². The molecule has 218 valence electrons. The minimum atomic E-state index is -0.267. The molecule has 4 aliphatic carbocycles. The van der Waals surface area contributed by atoms with Crippen molar-refractivity contribution in [2.45, 2.75) is 117 Å². The summed E-state index contributed by atoms with van der Waals surface area (Å²) in [6.45, 7) is 12.2. The summed E-state index contributed by atoms with van der Waals surface area (Å²) in [5, 5.41) is 11.9. The summed E-state index contributed by atoms with van der Waals surface area (Å²) in [4.78, 5) is 14.5. The third-order valence-electron chi connectivity index (χ3n) is 11.6. The van der Waals surface area contributed by atoms with Gasteiger partial charge in [-0.1, -0.05) is 58.6 Å². The minimum Gasteiger partial charge on any atom is -0.446 e. The molecule has 0 heterocycles. The van der Waals surface area contributed by atoms with Gasteiger partial charge in [0.05, 0.1) is 6.61 Å². The Morgan fingerprint density at radius 1 is 1.11 bits per heavy atom. The van der Waals surface area contributed by atoms with E-state index in [2.05, 4.69) is 44.0 Å². The second-order valence-corrected chi connectivity index (χ2v) is 14.3. The first-order chi connectivity index (χ1) is 18.2. The van der Waals surface area contributed by atoms with E-state index in [4.69, 9.17) is 9.84 Å². The maximum Gasteiger partial charge on any atom is 0.407 e. The number of carbonyl (C=O) groups excluding carboxylic acids is 1. The van der Waals surface area contributed by atoms with Crippen molar-refractivity contribution in [2.24, 2.45) is 40.4 Å². The van der Waals surface area contributed by atoms with Crippen molar-refractivity contribution < 1.29 is 14.6 Å². The van der Waals surface area contributed by atoms with Crippen molar-refractivity contribution in [3.05, 3.63) is 11.6 Å². The maximum absolute atomic E-state index is 12.5. The molecule has 5 heteroatoms. The summed E-state index contributed by atoms with van der Waals surface area (Å²) in [5.74, 6) is 4.35. The Hall–Kier alpha value is -1.07. The molecule has 0 saturated heterocycles. The van der Waals surface area contributed by atoms with Crippen LogP contribution in [0.15, 0.2) is 11.6 Å². The van der Waals surface area contributed by atoms with Crippen molar-refractivity contribution in [3.8, 4) is 0 Å². The molecule has 1 amide bonds. The molecule has 4 aliphatic rings. The molecule has 0 aromatic heterocycles. The van der Waals surface area contributed by atoms with E-state index in [0.717, 1.165) is 61.8 Å². The fraction of sp³-hybridized carbons (Fsp3) is 0.909. The predicted octanol–water partition coefficient (Wildman–Crippen LogP) is 7.19. The molecule has 2 N–H and O–H groups in total. The Kier molecular flexibility index (Phi) is 10.3. The number of likely N-dealkylation sites (N-methyl/N-ethyl adjacent to an activating group) is 1. The van der Waals surface area contributed by atoms with Crippen LogP contribution in [-0.4, -0.2) is 55.5 Å². The minimum absolute atomic E-state index is 0.0125. The molecular weight excluding hydrogens is 472 g/mol. The number of hydrogen-bond acceptors (Lipinski definition) is 4. The molecule has 5 nitrogen and oxygen atoms in total. The van der Waals surface area contributed by atoms with E-state index in [1.165, 1.54) is 57.8 Å². The number of carbonyl (C=O) groups is 1. The monoisotopic (exact) mass is 530 g/mol. The fourth-order valence-electron chi connectivity index (χ4n) is 9.27. The Morgan fingerprint density at radius 3 is 2.68 bits per heavy atom. The zero-order chi connectivity index (χ0) is 27.3. The molecule has 7 unspecified atom stereocenters. The molecule has 0 aromatic carbocycles. The Morgan fingerprint density at radius 2 is 1.92 bits per heavy atom. The van der Waals surface area contributed by atoms with Gasteiger partial charge >= 0.3 is 6.09 Å². The summed E-state index contributed by atoms with van der Waals surface area (Å²) < 4.78 is 5.89. The van der Waals surface area contributed by atoms with E-state index in [-0.39, 0.29) is 18.8 Å². The molecule has 38 heavy (non-hydrogen) atoms. The number of alkyl carbamates (subject to hydrolysis) is 1. The highest BCUT2D eigenvalue weighted by atomic mass is 16.6. The quantitative estimate of drug-likeness (QED) is 0.207. The predicted molar refractivity (Wildman–Crippen MR) is 156 cm³/mol.